The molecule has 0 radical (unpaired) electrons. The summed E-state index contributed by atoms with van der Waals surface area (Å²) in [4.78, 5) is 18.5. The Hall–Kier alpha value is -3.19. The van der Waals surface area contributed by atoms with Gasteiger partial charge in [-0.25, -0.2) is 4.79 Å². The van der Waals surface area contributed by atoms with E-state index in [2.05, 4.69) is 25.8 Å². The summed E-state index contributed by atoms with van der Waals surface area (Å²) in [6.07, 6.45) is 8.48. The highest BCUT2D eigenvalue weighted by Gasteiger charge is 2.44. The Morgan fingerprint density at radius 3 is 2.68 bits per heavy atom. The second kappa shape index (κ2) is 8.15. The van der Waals surface area contributed by atoms with Crippen LogP contribution in [-0.4, -0.2) is 36.7 Å². The van der Waals surface area contributed by atoms with Crippen LogP contribution in [-0.2, 0) is 0 Å². The highest BCUT2D eigenvalue weighted by molar-refractivity contribution is 7.80. The molecule has 2 N–H and O–H groups in total. The first kappa shape index (κ1) is 19.8. The number of rotatable bonds is 5. The molecule has 1 saturated heterocycles. The summed E-state index contributed by atoms with van der Waals surface area (Å²) in [6, 6.07) is 17.4. The molecule has 31 heavy (non-hydrogen) atoms. The van der Waals surface area contributed by atoms with E-state index in [-0.39, 0.29) is 17.6 Å². The number of carboxylic acid groups (broad SMARTS) is 1. The van der Waals surface area contributed by atoms with Crippen molar-refractivity contribution in [2.75, 3.05) is 0 Å². The molecule has 3 aromatic rings. The molecule has 5 rings (SSSR count). The van der Waals surface area contributed by atoms with Crippen molar-refractivity contribution >= 4 is 23.3 Å². The third-order valence-electron chi connectivity index (χ3n) is 6.31. The normalized spacial score (nSPS) is 21.4. The molecule has 0 unspecified atom stereocenters. The van der Waals surface area contributed by atoms with Crippen molar-refractivity contribution in [2.24, 2.45) is 0 Å². The molecule has 2 atom stereocenters. The topological polar surface area (TPSA) is 70.4 Å². The lowest BCUT2D eigenvalue weighted by atomic mass is 9.99. The molecule has 1 saturated carbocycles. The number of hydrogen-bond donors (Lipinski definition) is 2. The van der Waals surface area contributed by atoms with Gasteiger partial charge in [-0.1, -0.05) is 25.0 Å². The van der Waals surface area contributed by atoms with Gasteiger partial charge in [0.25, 0.3) is 0 Å². The van der Waals surface area contributed by atoms with E-state index in [1.807, 2.05) is 42.7 Å². The van der Waals surface area contributed by atoms with E-state index in [0.717, 1.165) is 35.0 Å². The number of benzene rings is 1. The molecule has 0 bridgehead atoms. The first-order valence-corrected chi connectivity index (χ1v) is 11.0. The minimum Gasteiger partial charge on any atom is -0.478 e. The molecule has 0 amide bonds. The summed E-state index contributed by atoms with van der Waals surface area (Å²) in [5, 5.41) is 13.7. The van der Waals surface area contributed by atoms with E-state index in [0.29, 0.717) is 6.04 Å². The summed E-state index contributed by atoms with van der Waals surface area (Å²) in [5.41, 5.74) is 3.11. The van der Waals surface area contributed by atoms with Gasteiger partial charge >= 0.3 is 5.97 Å². The quantitative estimate of drug-likeness (QED) is 0.579. The number of nitrogens with zero attached hydrogens (tertiary/aromatic N) is 3. The van der Waals surface area contributed by atoms with Crippen LogP contribution in [0.15, 0.2) is 67.0 Å². The zero-order chi connectivity index (χ0) is 21.4. The molecule has 3 heterocycles. The van der Waals surface area contributed by atoms with Crippen LogP contribution in [0.5, 0.6) is 0 Å². The van der Waals surface area contributed by atoms with E-state index in [1.54, 1.807) is 18.2 Å². The smallest absolute Gasteiger partial charge is 0.335 e. The predicted molar refractivity (Wildman–Crippen MR) is 122 cm³/mol. The van der Waals surface area contributed by atoms with Gasteiger partial charge < -0.3 is 19.9 Å². The van der Waals surface area contributed by atoms with Gasteiger partial charge in [-0.3, -0.25) is 4.98 Å². The summed E-state index contributed by atoms with van der Waals surface area (Å²) in [5.74, 6) is -0.932. The van der Waals surface area contributed by atoms with Crippen LogP contribution in [0.4, 0.5) is 0 Å². The van der Waals surface area contributed by atoms with Gasteiger partial charge in [-0.15, -0.1) is 0 Å². The minimum absolute atomic E-state index is 0.0333. The predicted octanol–water partition coefficient (Wildman–Crippen LogP) is 4.49. The molecular weight excluding hydrogens is 408 g/mol. The molecule has 2 aromatic heterocycles. The summed E-state index contributed by atoms with van der Waals surface area (Å²) < 4.78 is 2.07. The molecule has 2 fully saturated rings. The van der Waals surface area contributed by atoms with Gasteiger partial charge in [0.1, 0.15) is 0 Å². The Kier molecular flexibility index (Phi) is 5.19. The first-order valence-electron chi connectivity index (χ1n) is 10.6. The van der Waals surface area contributed by atoms with Crippen molar-refractivity contribution in [1.29, 1.82) is 0 Å². The summed E-state index contributed by atoms with van der Waals surface area (Å²) in [6.45, 7) is 0. The summed E-state index contributed by atoms with van der Waals surface area (Å²) >= 11 is 5.82. The number of nitrogens with one attached hydrogen (secondary N) is 1. The van der Waals surface area contributed by atoms with Crippen LogP contribution in [0.2, 0.25) is 0 Å². The Labute approximate surface area is 186 Å². The summed E-state index contributed by atoms with van der Waals surface area (Å²) in [7, 11) is 0. The second-order valence-corrected chi connectivity index (χ2v) is 8.52. The molecule has 7 heteroatoms. The SMILES string of the molecule is O=C(O)c1cccc(-n2cccc2[C@H]2[C@H](c3ccccn3)NC(=S)N2C2CCCC2)c1. The highest BCUT2D eigenvalue weighted by Crippen LogP contribution is 2.43. The number of hydrogen-bond acceptors (Lipinski definition) is 3. The average Bonchev–Trinajstić information content (AvgIpc) is 3.53. The Balaban J connectivity index is 1.62. The zero-order valence-electron chi connectivity index (χ0n) is 17.0. The van der Waals surface area contributed by atoms with Crippen molar-refractivity contribution in [3.8, 4) is 5.69 Å². The van der Waals surface area contributed by atoms with Crippen molar-refractivity contribution in [3.63, 3.8) is 0 Å². The van der Waals surface area contributed by atoms with Crippen molar-refractivity contribution in [3.05, 3.63) is 83.9 Å². The molecule has 1 aliphatic heterocycles. The maximum absolute atomic E-state index is 11.5. The van der Waals surface area contributed by atoms with Crippen molar-refractivity contribution < 1.29 is 9.90 Å². The van der Waals surface area contributed by atoms with Crippen LogP contribution in [0.3, 0.4) is 0 Å². The molecular formula is C24H24N4O2S. The average molecular weight is 433 g/mol. The van der Waals surface area contributed by atoms with Gasteiger partial charge in [0.15, 0.2) is 5.11 Å². The van der Waals surface area contributed by atoms with Crippen LogP contribution < -0.4 is 5.32 Å². The van der Waals surface area contributed by atoms with E-state index in [4.69, 9.17) is 12.2 Å². The fraction of sp³-hybridized carbons (Fsp3) is 0.292. The molecule has 158 valence electrons. The Morgan fingerprint density at radius 1 is 1.10 bits per heavy atom. The lowest BCUT2D eigenvalue weighted by Gasteiger charge is -2.33. The third-order valence-corrected chi connectivity index (χ3v) is 6.64. The lowest BCUT2D eigenvalue weighted by Crippen LogP contribution is -2.38. The maximum atomic E-state index is 11.5. The first-order chi connectivity index (χ1) is 15.1. The largest absolute Gasteiger partial charge is 0.478 e. The number of carbonyl (C=O) groups is 1. The van der Waals surface area contributed by atoms with Crippen LogP contribution in [0.1, 0.15) is 59.5 Å². The van der Waals surface area contributed by atoms with E-state index in [9.17, 15) is 9.90 Å². The fourth-order valence-corrected chi connectivity index (χ4v) is 5.31. The molecule has 1 aromatic carbocycles. The molecule has 2 aliphatic rings. The van der Waals surface area contributed by atoms with Gasteiger partial charge in [0, 0.05) is 29.8 Å². The number of pyridine rings is 1. The fourth-order valence-electron chi connectivity index (χ4n) is 4.92. The standard InChI is InChI=1S/C24H24N4O2S/c29-23(30)16-7-5-10-18(15-16)27-14-6-12-20(27)22-21(19-11-3-4-13-25-19)26-24(31)28(22)17-8-1-2-9-17/h3-7,10-15,17,21-22H,1-2,8-9H2,(H,26,31)(H,29,30)/t21-,22-/m0/s1. The van der Waals surface area contributed by atoms with Crippen molar-refractivity contribution in [2.45, 2.75) is 43.8 Å². The number of aromatic carboxylic acids is 1. The van der Waals surface area contributed by atoms with Crippen LogP contribution in [0.25, 0.3) is 5.69 Å². The Morgan fingerprint density at radius 2 is 1.94 bits per heavy atom. The lowest BCUT2D eigenvalue weighted by molar-refractivity contribution is 0.0697. The monoisotopic (exact) mass is 432 g/mol. The zero-order valence-corrected chi connectivity index (χ0v) is 17.8. The number of aromatic nitrogens is 2. The van der Waals surface area contributed by atoms with E-state index < -0.39 is 5.97 Å². The van der Waals surface area contributed by atoms with Crippen LogP contribution in [0, 0.1) is 0 Å². The van der Waals surface area contributed by atoms with E-state index >= 15 is 0 Å². The molecule has 6 nitrogen and oxygen atoms in total. The van der Waals surface area contributed by atoms with Crippen LogP contribution >= 0.6 is 12.2 Å². The minimum atomic E-state index is -0.932. The van der Waals surface area contributed by atoms with Gasteiger partial charge in [0.2, 0.25) is 0 Å². The maximum Gasteiger partial charge on any atom is 0.335 e. The second-order valence-electron chi connectivity index (χ2n) is 8.13. The van der Waals surface area contributed by atoms with Gasteiger partial charge in [-0.05, 0) is 67.5 Å². The van der Waals surface area contributed by atoms with Gasteiger partial charge in [0.05, 0.1) is 23.3 Å². The van der Waals surface area contributed by atoms with E-state index in [1.165, 1.54) is 12.8 Å². The third kappa shape index (κ3) is 3.59. The molecule has 0 spiro atoms. The van der Waals surface area contributed by atoms with Crippen molar-refractivity contribution in [1.82, 2.24) is 19.8 Å². The Bertz CT molecular complexity index is 1110. The van der Waals surface area contributed by atoms with Gasteiger partial charge in [-0.2, -0.15) is 0 Å². The highest BCUT2D eigenvalue weighted by atomic mass is 32.1. The molecule has 1 aliphatic carbocycles. The number of thiocarbonyl (C=S) groups is 1. The number of carboxylic acids is 1.